The molecule has 1 spiro atoms. The summed E-state index contributed by atoms with van der Waals surface area (Å²) in [5.41, 5.74) is 7.11. The molecule has 0 aliphatic carbocycles. The van der Waals surface area contributed by atoms with Gasteiger partial charge in [-0.2, -0.15) is 5.26 Å². The Morgan fingerprint density at radius 1 is 1.43 bits per heavy atom. The lowest BCUT2D eigenvalue weighted by Crippen LogP contribution is -2.51. The molecule has 2 fully saturated rings. The number of ether oxygens (including phenoxy) is 1. The molecular weight excluding hydrogens is 424 g/mol. The highest BCUT2D eigenvalue weighted by atomic mass is 35.5. The van der Waals surface area contributed by atoms with Crippen molar-refractivity contribution in [1.29, 1.82) is 5.26 Å². The second-order valence-corrected chi connectivity index (χ2v) is 9.15. The summed E-state index contributed by atoms with van der Waals surface area (Å²) in [5, 5.41) is 19.9. The summed E-state index contributed by atoms with van der Waals surface area (Å²) in [6.45, 7) is 4.10. The average molecular weight is 447 g/mol. The van der Waals surface area contributed by atoms with Gasteiger partial charge in [0.2, 0.25) is 0 Å². The first kappa shape index (κ1) is 21.3. The number of anilines is 1. The highest BCUT2D eigenvalue weighted by molar-refractivity contribution is 7.99. The maximum atomic E-state index is 9.90. The Bertz CT molecular complexity index is 976. The molecule has 0 aromatic carbocycles. The summed E-state index contributed by atoms with van der Waals surface area (Å²) in [6.07, 6.45) is 5.13. The molecule has 0 radical (unpaired) electrons. The van der Waals surface area contributed by atoms with Crippen molar-refractivity contribution in [2.75, 3.05) is 24.6 Å². The molecule has 4 heterocycles. The van der Waals surface area contributed by atoms with E-state index in [1.807, 2.05) is 13.0 Å². The van der Waals surface area contributed by atoms with E-state index < -0.39 is 0 Å². The maximum Gasteiger partial charge on any atom is 0.160 e. The number of aromatic nitrogens is 3. The molecule has 2 aromatic heterocycles. The topological polar surface area (TPSA) is 121 Å². The predicted octanol–water partition coefficient (Wildman–Crippen LogP) is 2.37. The fraction of sp³-hybridized carbons (Fsp3) is 0.500. The van der Waals surface area contributed by atoms with Crippen LogP contribution in [-0.4, -0.2) is 51.9 Å². The number of rotatable bonds is 4. The molecule has 2 aliphatic heterocycles. The van der Waals surface area contributed by atoms with Gasteiger partial charge in [0.15, 0.2) is 11.5 Å². The fourth-order valence-corrected chi connectivity index (χ4v) is 5.23. The standard InChI is InChI=1S/C20H23ClN6O2S/c1-12-18(23)20(11-29-12)3-6-27(7-4-20)19-14(10-28)26-16(9-25-19)30-15-2-5-24-13(8-22)17(15)21/h2,5,9,12,18,28H,3-4,6-7,10-11,23H2,1H3/t12-,18+/m0/s1. The number of hydrogen-bond acceptors (Lipinski definition) is 9. The Balaban J connectivity index is 1.51. The monoisotopic (exact) mass is 446 g/mol. The van der Waals surface area contributed by atoms with Crippen molar-refractivity contribution in [2.24, 2.45) is 11.1 Å². The van der Waals surface area contributed by atoms with Crippen LogP contribution < -0.4 is 10.6 Å². The number of hydrogen-bond donors (Lipinski definition) is 2. The third kappa shape index (κ3) is 3.86. The second kappa shape index (κ2) is 8.65. The van der Waals surface area contributed by atoms with Gasteiger partial charge in [-0.05, 0) is 25.8 Å². The minimum atomic E-state index is -0.217. The minimum absolute atomic E-state index is 0.0229. The Labute approximate surface area is 184 Å². The van der Waals surface area contributed by atoms with Crippen LogP contribution in [0.2, 0.25) is 5.02 Å². The Morgan fingerprint density at radius 3 is 2.83 bits per heavy atom. The maximum absolute atomic E-state index is 9.90. The molecule has 0 amide bonds. The fourth-order valence-electron chi connectivity index (χ4n) is 4.15. The van der Waals surface area contributed by atoms with Crippen molar-refractivity contribution in [3.05, 3.63) is 34.9 Å². The molecule has 2 saturated heterocycles. The first-order valence-electron chi connectivity index (χ1n) is 9.79. The van der Waals surface area contributed by atoms with Crippen LogP contribution in [0.15, 0.2) is 28.4 Å². The third-order valence-electron chi connectivity index (χ3n) is 6.03. The van der Waals surface area contributed by atoms with Crippen molar-refractivity contribution < 1.29 is 9.84 Å². The first-order chi connectivity index (χ1) is 14.5. The number of nitriles is 1. The summed E-state index contributed by atoms with van der Waals surface area (Å²) in [5.74, 6) is 0.691. The predicted molar refractivity (Wildman–Crippen MR) is 113 cm³/mol. The quantitative estimate of drug-likeness (QED) is 0.728. The molecular formula is C20H23ClN6O2S. The molecule has 2 atom stereocenters. The second-order valence-electron chi connectivity index (χ2n) is 7.71. The van der Waals surface area contributed by atoms with E-state index in [1.54, 1.807) is 12.3 Å². The van der Waals surface area contributed by atoms with Gasteiger partial charge in [0, 0.05) is 35.6 Å². The van der Waals surface area contributed by atoms with Crippen LogP contribution in [-0.2, 0) is 11.3 Å². The van der Waals surface area contributed by atoms with E-state index in [0.717, 1.165) is 25.9 Å². The lowest BCUT2D eigenvalue weighted by molar-refractivity contribution is 0.0973. The number of aliphatic hydroxyl groups is 1. The number of halogens is 1. The summed E-state index contributed by atoms with van der Waals surface area (Å²) >= 11 is 7.52. The summed E-state index contributed by atoms with van der Waals surface area (Å²) in [6, 6.07) is 3.73. The van der Waals surface area contributed by atoms with Crippen LogP contribution in [0.3, 0.4) is 0 Å². The molecule has 8 nitrogen and oxygen atoms in total. The Kier molecular flexibility index (Phi) is 6.14. The molecule has 158 valence electrons. The third-order valence-corrected chi connectivity index (χ3v) is 7.49. The number of aliphatic hydroxyl groups excluding tert-OH is 1. The van der Waals surface area contributed by atoms with Gasteiger partial charge in [-0.25, -0.2) is 15.0 Å². The zero-order valence-corrected chi connectivity index (χ0v) is 18.2. The largest absolute Gasteiger partial charge is 0.390 e. The summed E-state index contributed by atoms with van der Waals surface area (Å²) < 4.78 is 5.79. The molecule has 0 saturated carbocycles. The SMILES string of the molecule is C[C@@H]1OCC2(CCN(c3ncc(Sc4ccnc(C#N)c4Cl)nc3CO)CC2)[C@@H]1N. The van der Waals surface area contributed by atoms with Gasteiger partial charge in [-0.15, -0.1) is 0 Å². The van der Waals surface area contributed by atoms with Crippen LogP contribution in [0, 0.1) is 16.7 Å². The van der Waals surface area contributed by atoms with E-state index in [-0.39, 0.29) is 34.9 Å². The van der Waals surface area contributed by atoms with E-state index in [2.05, 4.69) is 19.9 Å². The number of nitrogens with zero attached hydrogens (tertiary/aromatic N) is 5. The number of piperidine rings is 1. The van der Waals surface area contributed by atoms with Gasteiger partial charge in [0.05, 0.1) is 30.5 Å². The van der Waals surface area contributed by atoms with E-state index in [0.29, 0.717) is 28.0 Å². The molecule has 10 heteroatoms. The minimum Gasteiger partial charge on any atom is -0.390 e. The van der Waals surface area contributed by atoms with Crippen LogP contribution in [0.4, 0.5) is 5.82 Å². The van der Waals surface area contributed by atoms with Crippen LogP contribution in [0.25, 0.3) is 0 Å². The normalized spacial score (nSPS) is 23.0. The van der Waals surface area contributed by atoms with Crippen molar-refractivity contribution in [3.8, 4) is 6.07 Å². The van der Waals surface area contributed by atoms with E-state index in [9.17, 15) is 5.11 Å². The number of nitrogens with two attached hydrogens (primary N) is 1. The van der Waals surface area contributed by atoms with Gasteiger partial charge < -0.3 is 20.5 Å². The molecule has 0 bridgehead atoms. The van der Waals surface area contributed by atoms with Crippen LogP contribution in [0.5, 0.6) is 0 Å². The molecule has 2 aliphatic rings. The van der Waals surface area contributed by atoms with Crippen LogP contribution >= 0.6 is 23.4 Å². The van der Waals surface area contributed by atoms with Crippen molar-refractivity contribution >= 4 is 29.2 Å². The smallest absolute Gasteiger partial charge is 0.160 e. The van der Waals surface area contributed by atoms with Gasteiger partial charge in [-0.1, -0.05) is 23.4 Å². The summed E-state index contributed by atoms with van der Waals surface area (Å²) in [4.78, 5) is 15.9. The zero-order chi connectivity index (χ0) is 21.3. The van der Waals surface area contributed by atoms with Gasteiger partial charge in [0.1, 0.15) is 16.8 Å². The van der Waals surface area contributed by atoms with E-state index in [1.165, 1.54) is 18.0 Å². The lowest BCUT2D eigenvalue weighted by atomic mass is 9.73. The van der Waals surface area contributed by atoms with Crippen molar-refractivity contribution in [2.45, 2.75) is 48.4 Å². The number of pyridine rings is 1. The average Bonchev–Trinajstić information content (AvgIpc) is 3.04. The Morgan fingerprint density at radius 2 is 2.20 bits per heavy atom. The molecule has 4 rings (SSSR count). The highest BCUT2D eigenvalue weighted by Crippen LogP contribution is 2.42. The van der Waals surface area contributed by atoms with Gasteiger partial charge >= 0.3 is 0 Å². The van der Waals surface area contributed by atoms with Crippen LogP contribution in [0.1, 0.15) is 31.2 Å². The molecule has 30 heavy (non-hydrogen) atoms. The molecule has 0 unspecified atom stereocenters. The molecule has 2 aromatic rings. The van der Waals surface area contributed by atoms with Gasteiger partial charge in [0.25, 0.3) is 0 Å². The van der Waals surface area contributed by atoms with E-state index >= 15 is 0 Å². The zero-order valence-electron chi connectivity index (χ0n) is 16.6. The highest BCUT2D eigenvalue weighted by Gasteiger charge is 2.47. The lowest BCUT2D eigenvalue weighted by Gasteiger charge is -2.41. The first-order valence-corrected chi connectivity index (χ1v) is 11.0. The van der Waals surface area contributed by atoms with E-state index in [4.69, 9.17) is 27.3 Å². The van der Waals surface area contributed by atoms with Gasteiger partial charge in [-0.3, -0.25) is 0 Å². The Hall–Kier alpha value is -1.96. The van der Waals surface area contributed by atoms with Crippen molar-refractivity contribution in [3.63, 3.8) is 0 Å². The van der Waals surface area contributed by atoms with Crippen molar-refractivity contribution in [1.82, 2.24) is 15.0 Å². The summed E-state index contributed by atoms with van der Waals surface area (Å²) in [7, 11) is 0. The molecule has 3 N–H and O–H groups in total.